The van der Waals surface area contributed by atoms with E-state index >= 15 is 0 Å². The number of rotatable bonds is 5. The molecule has 0 radical (unpaired) electrons. The molecule has 3 heterocycles. The third-order valence-electron chi connectivity index (χ3n) is 6.86. The van der Waals surface area contributed by atoms with Crippen LogP contribution in [0.4, 0.5) is 4.79 Å². The van der Waals surface area contributed by atoms with Gasteiger partial charge < -0.3 is 19.1 Å². The van der Waals surface area contributed by atoms with E-state index < -0.39 is 5.60 Å². The van der Waals surface area contributed by atoms with Gasteiger partial charge in [-0.2, -0.15) is 0 Å². The summed E-state index contributed by atoms with van der Waals surface area (Å²) in [6.07, 6.45) is 9.62. The second-order valence-electron chi connectivity index (χ2n) is 10.4. The molecule has 0 N–H and O–H groups in total. The molecular formula is C24H37N3O4. The molecule has 1 saturated carbocycles. The zero-order valence-electron chi connectivity index (χ0n) is 19.4. The first kappa shape index (κ1) is 22.2. The van der Waals surface area contributed by atoms with Crippen LogP contribution in [0.25, 0.3) is 0 Å². The molecule has 1 aromatic heterocycles. The van der Waals surface area contributed by atoms with E-state index in [0.29, 0.717) is 11.8 Å². The van der Waals surface area contributed by atoms with Crippen LogP contribution in [0, 0.1) is 5.92 Å². The molecule has 7 heteroatoms. The molecular weight excluding hydrogens is 394 g/mol. The lowest BCUT2D eigenvalue weighted by Gasteiger charge is -2.39. The molecule has 0 unspecified atom stereocenters. The fourth-order valence-electron chi connectivity index (χ4n) is 5.27. The SMILES string of the molecule is CCC1CCC(Oc2ccc(O[C@H]3C[C@H]4CC[C@@H](C3)N4C(=O)OC(C)(C)C)nn2)CC1. The number of nitrogens with zero attached hydrogens (tertiary/aromatic N) is 3. The average molecular weight is 432 g/mol. The lowest BCUT2D eigenvalue weighted by molar-refractivity contribution is -0.00777. The van der Waals surface area contributed by atoms with E-state index in [4.69, 9.17) is 14.2 Å². The summed E-state index contributed by atoms with van der Waals surface area (Å²) < 4.78 is 17.8. The number of amides is 1. The third-order valence-corrected chi connectivity index (χ3v) is 6.86. The molecule has 1 aliphatic carbocycles. The van der Waals surface area contributed by atoms with Crippen LogP contribution in [-0.4, -0.2) is 51.1 Å². The van der Waals surface area contributed by atoms with Crippen LogP contribution >= 0.6 is 0 Å². The minimum atomic E-state index is -0.474. The number of aromatic nitrogens is 2. The maximum absolute atomic E-state index is 12.6. The van der Waals surface area contributed by atoms with Crippen molar-refractivity contribution in [1.82, 2.24) is 15.1 Å². The maximum Gasteiger partial charge on any atom is 0.410 e. The lowest BCUT2D eigenvalue weighted by Crippen LogP contribution is -2.50. The number of hydrogen-bond acceptors (Lipinski definition) is 6. The summed E-state index contributed by atoms with van der Waals surface area (Å²) >= 11 is 0. The van der Waals surface area contributed by atoms with Gasteiger partial charge in [0, 0.05) is 37.1 Å². The largest absolute Gasteiger partial charge is 0.473 e. The van der Waals surface area contributed by atoms with Crippen molar-refractivity contribution in [3.8, 4) is 11.8 Å². The predicted octanol–water partition coefficient (Wildman–Crippen LogP) is 5.13. The summed E-state index contributed by atoms with van der Waals surface area (Å²) in [7, 11) is 0. The topological polar surface area (TPSA) is 73.8 Å². The van der Waals surface area contributed by atoms with E-state index in [1.54, 1.807) is 0 Å². The second kappa shape index (κ2) is 9.21. The van der Waals surface area contributed by atoms with Gasteiger partial charge in [-0.05, 0) is 65.2 Å². The quantitative estimate of drug-likeness (QED) is 0.643. The van der Waals surface area contributed by atoms with Gasteiger partial charge in [-0.1, -0.05) is 13.3 Å². The zero-order chi connectivity index (χ0) is 22.0. The van der Waals surface area contributed by atoms with E-state index in [1.165, 1.54) is 19.3 Å². The Kier molecular flexibility index (Phi) is 6.58. The number of piperidine rings is 1. The summed E-state index contributed by atoms with van der Waals surface area (Å²) in [6, 6.07) is 4.06. The van der Waals surface area contributed by atoms with Gasteiger partial charge in [0.05, 0.1) is 0 Å². The van der Waals surface area contributed by atoms with Crippen LogP contribution in [-0.2, 0) is 4.74 Å². The van der Waals surface area contributed by atoms with Gasteiger partial charge in [0.15, 0.2) is 0 Å². The van der Waals surface area contributed by atoms with Gasteiger partial charge in [0.1, 0.15) is 17.8 Å². The fraction of sp³-hybridized carbons (Fsp3) is 0.792. The van der Waals surface area contributed by atoms with Gasteiger partial charge in [0.2, 0.25) is 11.8 Å². The third kappa shape index (κ3) is 5.60. The molecule has 172 valence electrons. The number of ether oxygens (including phenoxy) is 3. The molecule has 2 bridgehead atoms. The van der Waals surface area contributed by atoms with Crippen molar-refractivity contribution in [2.45, 2.75) is 115 Å². The Morgan fingerprint density at radius 3 is 1.97 bits per heavy atom. The van der Waals surface area contributed by atoms with Gasteiger partial charge in [-0.3, -0.25) is 0 Å². The highest BCUT2D eigenvalue weighted by atomic mass is 16.6. The van der Waals surface area contributed by atoms with Gasteiger partial charge in [-0.15, -0.1) is 10.2 Å². The van der Waals surface area contributed by atoms with Crippen LogP contribution in [0.15, 0.2) is 12.1 Å². The maximum atomic E-state index is 12.6. The summed E-state index contributed by atoms with van der Waals surface area (Å²) in [5, 5.41) is 8.47. The molecule has 0 spiro atoms. The van der Waals surface area contributed by atoms with Crippen molar-refractivity contribution in [3.05, 3.63) is 12.1 Å². The Balaban J connectivity index is 1.27. The molecule has 1 amide bonds. The number of hydrogen-bond donors (Lipinski definition) is 0. The van der Waals surface area contributed by atoms with Crippen molar-refractivity contribution in [3.63, 3.8) is 0 Å². The normalized spacial score (nSPS) is 30.7. The van der Waals surface area contributed by atoms with Gasteiger partial charge >= 0.3 is 6.09 Å². The summed E-state index contributed by atoms with van der Waals surface area (Å²) in [5.74, 6) is 1.95. The monoisotopic (exact) mass is 431 g/mol. The molecule has 0 aromatic carbocycles. The molecule has 3 fully saturated rings. The fourth-order valence-corrected chi connectivity index (χ4v) is 5.27. The molecule has 7 nitrogen and oxygen atoms in total. The van der Waals surface area contributed by atoms with Crippen molar-refractivity contribution in [1.29, 1.82) is 0 Å². The summed E-state index contributed by atoms with van der Waals surface area (Å²) in [4.78, 5) is 14.5. The standard InChI is InChI=1S/C24H37N3O4/c1-5-16-6-10-19(11-7-16)29-21-12-13-22(26-25-21)30-20-14-17-8-9-18(15-20)27(17)23(28)31-24(2,3)4/h12-13,16-20H,5-11,14-15H2,1-4H3/t16?,17-,18+,19?,20+. The summed E-state index contributed by atoms with van der Waals surface area (Å²) in [5.41, 5.74) is -0.474. The van der Waals surface area contributed by atoms with Crippen molar-refractivity contribution in [2.75, 3.05) is 0 Å². The number of carbonyl (C=O) groups excluding carboxylic acids is 1. The highest BCUT2D eigenvalue weighted by molar-refractivity contribution is 5.69. The molecule has 2 saturated heterocycles. The highest BCUT2D eigenvalue weighted by Gasteiger charge is 2.45. The Bertz CT molecular complexity index is 726. The molecule has 3 aliphatic rings. The van der Waals surface area contributed by atoms with Crippen LogP contribution in [0.5, 0.6) is 11.8 Å². The second-order valence-corrected chi connectivity index (χ2v) is 10.4. The van der Waals surface area contributed by atoms with Crippen LogP contribution < -0.4 is 9.47 Å². The highest BCUT2D eigenvalue weighted by Crippen LogP contribution is 2.38. The predicted molar refractivity (Wildman–Crippen MR) is 117 cm³/mol. The average Bonchev–Trinajstić information content (AvgIpc) is 3.00. The molecule has 1 aromatic rings. The lowest BCUT2D eigenvalue weighted by atomic mass is 9.86. The van der Waals surface area contributed by atoms with Crippen LogP contribution in [0.3, 0.4) is 0 Å². The van der Waals surface area contributed by atoms with E-state index in [2.05, 4.69) is 17.1 Å². The Hall–Kier alpha value is -2.05. The van der Waals surface area contributed by atoms with Crippen LogP contribution in [0.1, 0.15) is 85.5 Å². The first-order valence-corrected chi connectivity index (χ1v) is 12.0. The van der Waals surface area contributed by atoms with E-state index in [1.807, 2.05) is 37.8 Å². The van der Waals surface area contributed by atoms with E-state index in [-0.39, 0.29) is 30.4 Å². The van der Waals surface area contributed by atoms with Crippen LogP contribution in [0.2, 0.25) is 0 Å². The summed E-state index contributed by atoms with van der Waals surface area (Å²) in [6.45, 7) is 7.99. The molecule has 4 rings (SSSR count). The first-order valence-electron chi connectivity index (χ1n) is 12.0. The smallest absolute Gasteiger partial charge is 0.410 e. The van der Waals surface area contributed by atoms with Crippen molar-refractivity contribution in [2.24, 2.45) is 5.92 Å². The molecule has 31 heavy (non-hydrogen) atoms. The van der Waals surface area contributed by atoms with Crippen molar-refractivity contribution >= 4 is 6.09 Å². The zero-order valence-corrected chi connectivity index (χ0v) is 19.4. The first-order chi connectivity index (χ1) is 14.8. The molecule has 3 atom stereocenters. The van der Waals surface area contributed by atoms with E-state index in [0.717, 1.165) is 44.4 Å². The minimum Gasteiger partial charge on any atom is -0.473 e. The van der Waals surface area contributed by atoms with Crippen molar-refractivity contribution < 1.29 is 19.0 Å². The Morgan fingerprint density at radius 1 is 0.935 bits per heavy atom. The number of carbonyl (C=O) groups is 1. The van der Waals surface area contributed by atoms with Gasteiger partial charge in [0.25, 0.3) is 0 Å². The molecule has 2 aliphatic heterocycles. The minimum absolute atomic E-state index is 0.0431. The van der Waals surface area contributed by atoms with Gasteiger partial charge in [-0.25, -0.2) is 4.79 Å². The number of fused-ring (bicyclic) bond motifs is 2. The Morgan fingerprint density at radius 2 is 1.48 bits per heavy atom. The Labute approximate surface area is 185 Å². The van der Waals surface area contributed by atoms with E-state index in [9.17, 15) is 4.79 Å².